The van der Waals surface area contributed by atoms with Crippen LogP contribution in [0.2, 0.25) is 0 Å². The number of hydrogen-bond acceptors (Lipinski definition) is 3. The van der Waals surface area contributed by atoms with E-state index in [0.29, 0.717) is 32.0 Å². The predicted molar refractivity (Wildman–Crippen MR) is 109 cm³/mol. The van der Waals surface area contributed by atoms with Crippen LogP contribution in [0.15, 0.2) is 46.9 Å². The molecule has 0 aliphatic heterocycles. The van der Waals surface area contributed by atoms with Crippen molar-refractivity contribution in [3.05, 3.63) is 52.5 Å². The lowest BCUT2D eigenvalue weighted by Gasteiger charge is -2.11. The first-order valence-corrected chi connectivity index (χ1v) is 9.74. The summed E-state index contributed by atoms with van der Waals surface area (Å²) in [4.78, 5) is 12.0. The Balaban J connectivity index is 1.73. The lowest BCUT2D eigenvalue weighted by atomic mass is 10.0. The van der Waals surface area contributed by atoms with Gasteiger partial charge in [0, 0.05) is 12.1 Å². The molecule has 0 fully saturated rings. The molecule has 140 valence electrons. The Labute approximate surface area is 164 Å². The number of carbonyl (C=O) groups is 1. The van der Waals surface area contributed by atoms with Crippen molar-refractivity contribution in [1.29, 1.82) is 0 Å². The van der Waals surface area contributed by atoms with E-state index in [1.807, 2.05) is 37.3 Å². The number of hydrogen-bond donors (Lipinski definition) is 1. The molecule has 2 aromatic rings. The molecule has 0 aliphatic carbocycles. The van der Waals surface area contributed by atoms with Crippen molar-refractivity contribution in [1.82, 2.24) is 0 Å². The van der Waals surface area contributed by atoms with Crippen molar-refractivity contribution in [2.75, 3.05) is 18.5 Å². The summed E-state index contributed by atoms with van der Waals surface area (Å²) in [6.45, 7) is 7.38. The van der Waals surface area contributed by atoms with Gasteiger partial charge in [0.05, 0.1) is 17.7 Å². The van der Waals surface area contributed by atoms with Crippen LogP contribution < -0.4 is 14.8 Å². The van der Waals surface area contributed by atoms with Crippen LogP contribution in [0, 0.1) is 0 Å². The highest BCUT2D eigenvalue weighted by Gasteiger charge is 2.07. The molecule has 0 saturated carbocycles. The standard InChI is InChI=1S/C21H26BrNO3/c1-4-25-18-10-8-17(9-11-18)23-21(24)6-5-13-26-20-12-7-16(15(2)3)14-19(20)22/h7-12,14-15H,4-6,13H2,1-3H3,(H,23,24). The minimum absolute atomic E-state index is 0.0213. The van der Waals surface area contributed by atoms with Crippen molar-refractivity contribution in [3.63, 3.8) is 0 Å². The number of rotatable bonds is 9. The van der Waals surface area contributed by atoms with E-state index in [1.54, 1.807) is 0 Å². The number of ether oxygens (including phenoxy) is 2. The van der Waals surface area contributed by atoms with Gasteiger partial charge in [0.2, 0.25) is 5.91 Å². The Morgan fingerprint density at radius 3 is 2.46 bits per heavy atom. The number of carbonyl (C=O) groups excluding carboxylic acids is 1. The molecule has 0 atom stereocenters. The Morgan fingerprint density at radius 1 is 1.12 bits per heavy atom. The third kappa shape index (κ3) is 6.37. The predicted octanol–water partition coefficient (Wildman–Crippen LogP) is 5.77. The fourth-order valence-corrected chi connectivity index (χ4v) is 2.94. The average Bonchev–Trinajstić information content (AvgIpc) is 2.61. The Hall–Kier alpha value is -2.01. The van der Waals surface area contributed by atoms with Gasteiger partial charge in [0.1, 0.15) is 11.5 Å². The zero-order chi connectivity index (χ0) is 18.9. The molecule has 2 aromatic carbocycles. The van der Waals surface area contributed by atoms with E-state index in [1.165, 1.54) is 5.56 Å². The summed E-state index contributed by atoms with van der Waals surface area (Å²) >= 11 is 3.54. The second kappa shape index (κ2) is 10.2. The van der Waals surface area contributed by atoms with Crippen LogP contribution in [0.4, 0.5) is 5.69 Å². The van der Waals surface area contributed by atoms with E-state index in [9.17, 15) is 4.79 Å². The largest absolute Gasteiger partial charge is 0.494 e. The van der Waals surface area contributed by atoms with Gasteiger partial charge in [-0.05, 0) is 77.2 Å². The quantitative estimate of drug-likeness (QED) is 0.524. The van der Waals surface area contributed by atoms with Gasteiger partial charge in [0.25, 0.3) is 0 Å². The molecule has 5 heteroatoms. The summed E-state index contributed by atoms with van der Waals surface area (Å²) in [6.07, 6.45) is 1.07. The Bertz CT molecular complexity index is 714. The van der Waals surface area contributed by atoms with Crippen LogP contribution in [0.1, 0.15) is 45.1 Å². The molecule has 0 aliphatic rings. The number of benzene rings is 2. The average molecular weight is 420 g/mol. The van der Waals surface area contributed by atoms with E-state index in [2.05, 4.69) is 47.2 Å². The first-order valence-electron chi connectivity index (χ1n) is 8.94. The van der Waals surface area contributed by atoms with Gasteiger partial charge < -0.3 is 14.8 Å². The van der Waals surface area contributed by atoms with Crippen molar-refractivity contribution in [2.24, 2.45) is 0 Å². The first kappa shape index (κ1) is 20.3. The van der Waals surface area contributed by atoms with Crippen LogP contribution in [-0.4, -0.2) is 19.1 Å². The number of halogens is 1. The molecule has 4 nitrogen and oxygen atoms in total. The van der Waals surface area contributed by atoms with Crippen molar-refractivity contribution >= 4 is 27.5 Å². The van der Waals surface area contributed by atoms with Gasteiger partial charge in [-0.25, -0.2) is 0 Å². The van der Waals surface area contributed by atoms with Gasteiger partial charge in [-0.3, -0.25) is 4.79 Å². The summed E-state index contributed by atoms with van der Waals surface area (Å²) < 4.78 is 12.1. The third-order valence-electron chi connectivity index (χ3n) is 3.88. The minimum atomic E-state index is -0.0213. The van der Waals surface area contributed by atoms with Crippen molar-refractivity contribution < 1.29 is 14.3 Å². The normalized spacial score (nSPS) is 10.7. The van der Waals surface area contributed by atoms with Gasteiger partial charge >= 0.3 is 0 Å². The molecular weight excluding hydrogens is 394 g/mol. The lowest BCUT2D eigenvalue weighted by Crippen LogP contribution is -2.12. The van der Waals surface area contributed by atoms with E-state index >= 15 is 0 Å². The van der Waals surface area contributed by atoms with Gasteiger partial charge in [-0.2, -0.15) is 0 Å². The monoisotopic (exact) mass is 419 g/mol. The third-order valence-corrected chi connectivity index (χ3v) is 4.50. The van der Waals surface area contributed by atoms with E-state index in [0.717, 1.165) is 21.7 Å². The number of nitrogens with one attached hydrogen (secondary N) is 1. The molecule has 0 aromatic heterocycles. The summed E-state index contributed by atoms with van der Waals surface area (Å²) in [5.41, 5.74) is 2.03. The van der Waals surface area contributed by atoms with Crippen molar-refractivity contribution in [3.8, 4) is 11.5 Å². The van der Waals surface area contributed by atoms with Crippen LogP contribution in [0.5, 0.6) is 11.5 Å². The zero-order valence-corrected chi connectivity index (χ0v) is 17.1. The summed E-state index contributed by atoms with van der Waals surface area (Å²) in [7, 11) is 0. The topological polar surface area (TPSA) is 47.6 Å². The second-order valence-corrected chi connectivity index (χ2v) is 7.16. The molecule has 0 spiro atoms. The maximum Gasteiger partial charge on any atom is 0.224 e. The van der Waals surface area contributed by atoms with Crippen LogP contribution in [0.3, 0.4) is 0 Å². The van der Waals surface area contributed by atoms with Crippen LogP contribution >= 0.6 is 15.9 Å². The van der Waals surface area contributed by atoms with Crippen LogP contribution in [-0.2, 0) is 4.79 Å². The summed E-state index contributed by atoms with van der Waals surface area (Å²) in [5, 5.41) is 2.88. The van der Waals surface area contributed by atoms with Gasteiger partial charge in [0.15, 0.2) is 0 Å². The highest BCUT2D eigenvalue weighted by atomic mass is 79.9. The first-order chi connectivity index (χ1) is 12.5. The smallest absolute Gasteiger partial charge is 0.224 e. The van der Waals surface area contributed by atoms with E-state index in [-0.39, 0.29) is 5.91 Å². The van der Waals surface area contributed by atoms with Gasteiger partial charge in [-0.15, -0.1) is 0 Å². The summed E-state index contributed by atoms with van der Waals surface area (Å²) in [5.74, 6) is 2.06. The maximum atomic E-state index is 12.0. The molecule has 0 saturated heterocycles. The molecule has 0 heterocycles. The fourth-order valence-electron chi connectivity index (χ4n) is 2.43. The maximum absolute atomic E-state index is 12.0. The van der Waals surface area contributed by atoms with Crippen LogP contribution in [0.25, 0.3) is 0 Å². The Morgan fingerprint density at radius 2 is 1.85 bits per heavy atom. The fraction of sp³-hybridized carbons (Fsp3) is 0.381. The second-order valence-electron chi connectivity index (χ2n) is 6.30. The molecule has 2 rings (SSSR count). The highest BCUT2D eigenvalue weighted by Crippen LogP contribution is 2.29. The molecule has 0 unspecified atom stereocenters. The Kier molecular flexibility index (Phi) is 7.98. The highest BCUT2D eigenvalue weighted by molar-refractivity contribution is 9.10. The minimum Gasteiger partial charge on any atom is -0.494 e. The molecule has 0 bridgehead atoms. The zero-order valence-electron chi connectivity index (χ0n) is 15.5. The van der Waals surface area contributed by atoms with E-state index < -0.39 is 0 Å². The lowest BCUT2D eigenvalue weighted by molar-refractivity contribution is -0.116. The van der Waals surface area contributed by atoms with E-state index in [4.69, 9.17) is 9.47 Å². The van der Waals surface area contributed by atoms with Crippen molar-refractivity contribution in [2.45, 2.75) is 39.5 Å². The number of anilines is 1. The van der Waals surface area contributed by atoms with Gasteiger partial charge in [-0.1, -0.05) is 19.9 Å². The molecular formula is C21H26BrNO3. The number of amides is 1. The molecule has 26 heavy (non-hydrogen) atoms. The molecule has 1 amide bonds. The molecule has 0 radical (unpaired) electrons. The SMILES string of the molecule is CCOc1ccc(NC(=O)CCCOc2ccc(C(C)C)cc2Br)cc1. The summed E-state index contributed by atoms with van der Waals surface area (Å²) in [6, 6.07) is 13.5. The molecule has 1 N–H and O–H groups in total.